The van der Waals surface area contributed by atoms with E-state index < -0.39 is 17.3 Å². The van der Waals surface area contributed by atoms with Gasteiger partial charge in [-0.15, -0.1) is 0 Å². The van der Waals surface area contributed by atoms with Crippen molar-refractivity contribution in [3.05, 3.63) is 0 Å². The number of likely N-dealkylation sites (tertiary alicyclic amines) is 1. The van der Waals surface area contributed by atoms with Gasteiger partial charge < -0.3 is 10.0 Å². The molecule has 3 unspecified atom stereocenters. The van der Waals surface area contributed by atoms with Crippen molar-refractivity contribution >= 4 is 11.9 Å². The van der Waals surface area contributed by atoms with Crippen molar-refractivity contribution in [1.82, 2.24) is 4.90 Å². The molecule has 1 heterocycles. The second-order valence-electron chi connectivity index (χ2n) is 6.66. The summed E-state index contributed by atoms with van der Waals surface area (Å²) in [6.45, 7) is 10.2. The van der Waals surface area contributed by atoms with Gasteiger partial charge >= 0.3 is 5.97 Å². The molecule has 1 N–H and O–H groups in total. The summed E-state index contributed by atoms with van der Waals surface area (Å²) in [6.07, 6.45) is 2.07. The van der Waals surface area contributed by atoms with Crippen molar-refractivity contribution in [3.8, 4) is 0 Å². The molecule has 3 atom stereocenters. The predicted octanol–water partition coefficient (Wildman–Crippen LogP) is 2.38. The second kappa shape index (κ2) is 5.29. The van der Waals surface area contributed by atoms with Crippen LogP contribution in [0.15, 0.2) is 0 Å². The third-order valence-electron chi connectivity index (χ3n) is 3.76. The third kappa shape index (κ3) is 3.24. The number of aliphatic carboxylic acids is 1. The number of hydrogen-bond donors (Lipinski definition) is 1. The molecule has 0 bridgehead atoms. The molecule has 1 aliphatic heterocycles. The molecule has 0 aliphatic carbocycles. The molecule has 0 saturated carbocycles. The molecule has 1 amide bonds. The highest BCUT2D eigenvalue weighted by Gasteiger charge is 2.42. The van der Waals surface area contributed by atoms with Gasteiger partial charge in [-0.1, -0.05) is 27.7 Å². The maximum absolute atomic E-state index is 12.5. The second-order valence-corrected chi connectivity index (χ2v) is 6.66. The third-order valence-corrected chi connectivity index (χ3v) is 3.76. The minimum atomic E-state index is -1.02. The summed E-state index contributed by atoms with van der Waals surface area (Å²) < 4.78 is 0. The van der Waals surface area contributed by atoms with Gasteiger partial charge in [-0.2, -0.15) is 0 Å². The molecule has 4 nitrogen and oxygen atoms in total. The van der Waals surface area contributed by atoms with Gasteiger partial charge in [0.1, 0.15) is 5.92 Å². The van der Waals surface area contributed by atoms with Crippen molar-refractivity contribution in [2.24, 2.45) is 17.3 Å². The molecule has 1 saturated heterocycles. The quantitative estimate of drug-likeness (QED) is 0.771. The molecule has 1 fully saturated rings. The number of carboxylic acid groups (broad SMARTS) is 1. The fourth-order valence-electron chi connectivity index (χ4n) is 2.61. The van der Waals surface area contributed by atoms with Crippen LogP contribution in [0.1, 0.15) is 47.5 Å². The molecule has 4 heteroatoms. The van der Waals surface area contributed by atoms with E-state index in [1.807, 2.05) is 27.7 Å². The van der Waals surface area contributed by atoms with E-state index in [0.717, 1.165) is 12.8 Å². The van der Waals surface area contributed by atoms with Crippen molar-refractivity contribution in [3.63, 3.8) is 0 Å². The average molecular weight is 255 g/mol. The average Bonchev–Trinajstić information content (AvgIpc) is 2.18. The molecule has 0 spiro atoms. The molecule has 0 aromatic heterocycles. The van der Waals surface area contributed by atoms with Crippen molar-refractivity contribution < 1.29 is 14.7 Å². The highest BCUT2D eigenvalue weighted by atomic mass is 16.4. The summed E-state index contributed by atoms with van der Waals surface area (Å²) in [5.74, 6) is -1.74. The number of nitrogens with zero attached hydrogens (tertiary/aromatic N) is 1. The zero-order valence-electron chi connectivity index (χ0n) is 12.1. The SMILES string of the molecule is CC1CCC(C)N(C(=O)C(C(=O)O)C(C)(C)C)C1. The van der Waals surface area contributed by atoms with E-state index in [1.54, 1.807) is 4.90 Å². The molecule has 1 rings (SSSR count). The molecule has 104 valence electrons. The van der Waals surface area contributed by atoms with Crippen LogP contribution in [-0.4, -0.2) is 34.5 Å². The van der Waals surface area contributed by atoms with Crippen molar-refractivity contribution in [1.29, 1.82) is 0 Å². The van der Waals surface area contributed by atoms with Crippen LogP contribution in [0.2, 0.25) is 0 Å². The fraction of sp³-hybridized carbons (Fsp3) is 0.857. The summed E-state index contributed by atoms with van der Waals surface area (Å²) in [7, 11) is 0. The lowest BCUT2D eigenvalue weighted by atomic mass is 9.79. The van der Waals surface area contributed by atoms with Gasteiger partial charge in [0.05, 0.1) is 0 Å². The Labute approximate surface area is 109 Å². The summed E-state index contributed by atoms with van der Waals surface area (Å²) >= 11 is 0. The van der Waals surface area contributed by atoms with Gasteiger partial charge in [0.2, 0.25) is 5.91 Å². The minimum absolute atomic E-state index is 0.151. The Hall–Kier alpha value is -1.06. The Morgan fingerprint density at radius 1 is 1.22 bits per heavy atom. The summed E-state index contributed by atoms with van der Waals surface area (Å²) in [5, 5.41) is 9.31. The number of carboxylic acids is 1. The monoisotopic (exact) mass is 255 g/mol. The lowest BCUT2D eigenvalue weighted by Gasteiger charge is -2.40. The standard InChI is InChI=1S/C14H25NO3/c1-9-6-7-10(2)15(8-9)12(16)11(13(17)18)14(3,4)5/h9-11H,6-8H2,1-5H3,(H,17,18). The Bertz CT molecular complexity index is 332. The van der Waals surface area contributed by atoms with Crippen LogP contribution in [0.25, 0.3) is 0 Å². The van der Waals surface area contributed by atoms with Crippen LogP contribution in [-0.2, 0) is 9.59 Å². The Balaban J connectivity index is 2.92. The molecule has 0 aromatic rings. The zero-order valence-corrected chi connectivity index (χ0v) is 12.1. The summed E-state index contributed by atoms with van der Waals surface area (Å²) in [6, 6.07) is 0.151. The number of carbonyl (C=O) groups is 2. The first-order chi connectivity index (χ1) is 8.14. The van der Waals surface area contributed by atoms with Gasteiger partial charge in [-0.3, -0.25) is 9.59 Å². The van der Waals surface area contributed by atoms with Crippen LogP contribution in [0.3, 0.4) is 0 Å². The van der Waals surface area contributed by atoms with E-state index in [9.17, 15) is 14.7 Å². The highest BCUT2D eigenvalue weighted by Crippen LogP contribution is 2.31. The van der Waals surface area contributed by atoms with E-state index in [0.29, 0.717) is 12.5 Å². The van der Waals surface area contributed by atoms with Crippen molar-refractivity contribution in [2.75, 3.05) is 6.54 Å². The molecule has 1 aliphatic rings. The highest BCUT2D eigenvalue weighted by molar-refractivity contribution is 5.98. The number of piperidine rings is 1. The number of amides is 1. The smallest absolute Gasteiger partial charge is 0.316 e. The zero-order chi connectivity index (χ0) is 14.1. The Kier molecular flexibility index (Phi) is 4.41. The first kappa shape index (κ1) is 15.0. The first-order valence-corrected chi connectivity index (χ1v) is 6.68. The molecule has 0 aromatic carbocycles. The van der Waals surface area contributed by atoms with E-state index >= 15 is 0 Å². The van der Waals surface area contributed by atoms with Gasteiger partial charge in [0.25, 0.3) is 0 Å². The Morgan fingerprint density at radius 3 is 2.22 bits per heavy atom. The van der Waals surface area contributed by atoms with Gasteiger partial charge in [-0.05, 0) is 31.1 Å². The topological polar surface area (TPSA) is 57.6 Å². The number of carbonyl (C=O) groups excluding carboxylic acids is 1. The largest absolute Gasteiger partial charge is 0.481 e. The summed E-state index contributed by atoms with van der Waals surface area (Å²) in [4.78, 5) is 25.6. The maximum Gasteiger partial charge on any atom is 0.316 e. The van der Waals surface area contributed by atoms with Crippen LogP contribution in [0, 0.1) is 17.3 Å². The molecule has 18 heavy (non-hydrogen) atoms. The van der Waals surface area contributed by atoms with Crippen LogP contribution in [0.4, 0.5) is 0 Å². The molecule has 0 radical (unpaired) electrons. The lowest BCUT2D eigenvalue weighted by Crippen LogP contribution is -2.51. The summed E-state index contributed by atoms with van der Waals surface area (Å²) in [5.41, 5.74) is -0.552. The minimum Gasteiger partial charge on any atom is -0.481 e. The van der Waals surface area contributed by atoms with Gasteiger partial charge in [-0.25, -0.2) is 0 Å². The van der Waals surface area contributed by atoms with E-state index in [4.69, 9.17) is 0 Å². The predicted molar refractivity (Wildman–Crippen MR) is 70.2 cm³/mol. The molecular weight excluding hydrogens is 230 g/mol. The van der Waals surface area contributed by atoms with E-state index in [-0.39, 0.29) is 11.9 Å². The first-order valence-electron chi connectivity index (χ1n) is 6.68. The van der Waals surface area contributed by atoms with E-state index in [2.05, 4.69) is 6.92 Å². The van der Waals surface area contributed by atoms with Crippen molar-refractivity contribution in [2.45, 2.75) is 53.5 Å². The van der Waals surface area contributed by atoms with Gasteiger partial charge in [0, 0.05) is 12.6 Å². The fourth-order valence-corrected chi connectivity index (χ4v) is 2.61. The molecular formula is C14H25NO3. The normalized spacial score (nSPS) is 26.8. The lowest BCUT2D eigenvalue weighted by molar-refractivity contribution is -0.158. The van der Waals surface area contributed by atoms with Crippen LogP contribution in [0.5, 0.6) is 0 Å². The van der Waals surface area contributed by atoms with Gasteiger partial charge in [0.15, 0.2) is 0 Å². The van der Waals surface area contributed by atoms with Crippen LogP contribution >= 0.6 is 0 Å². The van der Waals surface area contributed by atoms with E-state index in [1.165, 1.54) is 0 Å². The number of rotatable bonds is 2. The van der Waals surface area contributed by atoms with Crippen LogP contribution < -0.4 is 0 Å². The Morgan fingerprint density at radius 2 is 1.78 bits per heavy atom. The number of hydrogen-bond acceptors (Lipinski definition) is 2. The maximum atomic E-state index is 12.5.